The van der Waals surface area contributed by atoms with Crippen LogP contribution in [0.5, 0.6) is 0 Å². The van der Waals surface area contributed by atoms with Gasteiger partial charge in [0.1, 0.15) is 11.7 Å². The number of aromatic nitrogens is 1. The lowest BCUT2D eigenvalue weighted by atomic mass is 9.93. The number of rotatable bonds is 3. The van der Waals surface area contributed by atoms with Crippen molar-refractivity contribution in [2.45, 2.75) is 19.0 Å². The lowest BCUT2D eigenvalue weighted by molar-refractivity contribution is -0.137. The van der Waals surface area contributed by atoms with Crippen molar-refractivity contribution in [2.75, 3.05) is 18.0 Å². The van der Waals surface area contributed by atoms with Gasteiger partial charge >= 0.3 is 6.18 Å². The van der Waals surface area contributed by atoms with Gasteiger partial charge in [0.2, 0.25) is 0 Å². The second-order valence-electron chi connectivity index (χ2n) is 5.23. The number of hydrogen-bond donors (Lipinski definition) is 3. The van der Waals surface area contributed by atoms with Gasteiger partial charge in [0, 0.05) is 30.9 Å². The predicted octanol–water partition coefficient (Wildman–Crippen LogP) is 2.10. The number of amidine groups is 1. The fourth-order valence-electron chi connectivity index (χ4n) is 2.59. The smallest absolute Gasteiger partial charge is 0.402 e. The Kier molecular flexibility index (Phi) is 4.58. The van der Waals surface area contributed by atoms with E-state index in [-0.39, 0.29) is 17.6 Å². The van der Waals surface area contributed by atoms with Gasteiger partial charge in [-0.2, -0.15) is 13.2 Å². The van der Waals surface area contributed by atoms with E-state index in [0.717, 1.165) is 6.07 Å². The molecule has 22 heavy (non-hydrogen) atoms. The minimum Gasteiger partial charge on any atom is -0.402 e. The van der Waals surface area contributed by atoms with Crippen LogP contribution in [-0.4, -0.2) is 23.9 Å². The topological polar surface area (TPSA) is 92.0 Å². The predicted molar refractivity (Wildman–Crippen MR) is 78.4 cm³/mol. The number of pyridine rings is 1. The van der Waals surface area contributed by atoms with E-state index < -0.39 is 11.7 Å². The average Bonchev–Trinajstić information content (AvgIpc) is 2.46. The highest BCUT2D eigenvalue weighted by Crippen LogP contribution is 2.36. The largest absolute Gasteiger partial charge is 0.419 e. The molecule has 1 aromatic rings. The molecule has 1 aliphatic rings. The molecule has 0 bridgehead atoms. The van der Waals surface area contributed by atoms with Gasteiger partial charge in [-0.25, -0.2) is 4.98 Å². The Morgan fingerprint density at radius 3 is 2.50 bits per heavy atom. The molecule has 0 saturated carbocycles. The fourth-order valence-corrected chi connectivity index (χ4v) is 2.59. The van der Waals surface area contributed by atoms with E-state index in [2.05, 4.69) is 4.98 Å². The van der Waals surface area contributed by atoms with Crippen LogP contribution >= 0.6 is 0 Å². The van der Waals surface area contributed by atoms with Crippen molar-refractivity contribution < 1.29 is 13.2 Å². The first-order valence-corrected chi connectivity index (χ1v) is 6.87. The van der Waals surface area contributed by atoms with Gasteiger partial charge in [0.25, 0.3) is 0 Å². The van der Waals surface area contributed by atoms with Crippen LogP contribution in [0.2, 0.25) is 0 Å². The molecule has 0 aliphatic carbocycles. The third-order valence-corrected chi connectivity index (χ3v) is 3.68. The molecule has 1 saturated heterocycles. The van der Waals surface area contributed by atoms with E-state index in [1.165, 1.54) is 18.3 Å². The third-order valence-electron chi connectivity index (χ3n) is 3.68. The summed E-state index contributed by atoms with van der Waals surface area (Å²) in [5.41, 5.74) is 10.9. The second-order valence-corrected chi connectivity index (χ2v) is 5.23. The number of hydrogen-bond acceptors (Lipinski definition) is 4. The van der Waals surface area contributed by atoms with E-state index in [4.69, 9.17) is 16.9 Å². The molecule has 1 fully saturated rings. The Balaban J connectivity index is 2.12. The molecule has 0 unspecified atom stereocenters. The molecule has 5 N–H and O–H groups in total. The van der Waals surface area contributed by atoms with Crippen LogP contribution in [0.4, 0.5) is 19.0 Å². The van der Waals surface area contributed by atoms with E-state index in [1.54, 1.807) is 4.90 Å². The molecular formula is C14H18F3N5. The van der Waals surface area contributed by atoms with Crippen LogP contribution in [0.1, 0.15) is 18.4 Å². The van der Waals surface area contributed by atoms with E-state index >= 15 is 0 Å². The van der Waals surface area contributed by atoms with Crippen LogP contribution in [0.25, 0.3) is 0 Å². The van der Waals surface area contributed by atoms with Crippen molar-refractivity contribution in [3.8, 4) is 0 Å². The monoisotopic (exact) mass is 313 g/mol. The van der Waals surface area contributed by atoms with Gasteiger partial charge in [0.15, 0.2) is 0 Å². The SMILES string of the molecule is N=C(N)C=C(N)C1CCN(c2ncccc2C(F)(F)F)CC1. The number of nitrogens with zero attached hydrogens (tertiary/aromatic N) is 2. The van der Waals surface area contributed by atoms with Crippen molar-refractivity contribution in [1.82, 2.24) is 4.98 Å². The second kappa shape index (κ2) is 6.25. The normalized spacial score (nSPS) is 17.6. The Labute approximate surface area is 126 Å². The molecule has 120 valence electrons. The molecule has 0 radical (unpaired) electrons. The van der Waals surface area contributed by atoms with Crippen molar-refractivity contribution in [2.24, 2.45) is 17.4 Å². The molecular weight excluding hydrogens is 295 g/mol. The fraction of sp³-hybridized carbons (Fsp3) is 0.429. The number of allylic oxidation sites excluding steroid dienone is 1. The number of piperidine rings is 1. The van der Waals surface area contributed by atoms with E-state index in [9.17, 15) is 13.2 Å². The number of halogens is 3. The van der Waals surface area contributed by atoms with Gasteiger partial charge in [-0.3, -0.25) is 5.41 Å². The first kappa shape index (κ1) is 16.1. The number of alkyl halides is 3. The summed E-state index contributed by atoms with van der Waals surface area (Å²) in [4.78, 5) is 5.52. The zero-order valence-electron chi connectivity index (χ0n) is 11.9. The minimum atomic E-state index is -4.42. The number of nitrogens with two attached hydrogens (primary N) is 2. The first-order chi connectivity index (χ1) is 10.3. The van der Waals surface area contributed by atoms with Crippen molar-refractivity contribution >= 4 is 11.7 Å². The molecule has 0 atom stereocenters. The molecule has 0 amide bonds. The Hall–Kier alpha value is -2.25. The molecule has 2 rings (SSSR count). The van der Waals surface area contributed by atoms with Gasteiger partial charge in [-0.05, 0) is 31.1 Å². The van der Waals surface area contributed by atoms with Crippen LogP contribution in [0.15, 0.2) is 30.1 Å². The van der Waals surface area contributed by atoms with Crippen LogP contribution in [0.3, 0.4) is 0 Å². The zero-order valence-corrected chi connectivity index (χ0v) is 11.9. The highest BCUT2D eigenvalue weighted by atomic mass is 19.4. The molecule has 1 aliphatic heterocycles. The zero-order chi connectivity index (χ0) is 16.3. The molecule has 1 aromatic heterocycles. The number of nitrogens with one attached hydrogen (secondary N) is 1. The summed E-state index contributed by atoms with van der Waals surface area (Å²) in [6.45, 7) is 0.856. The lowest BCUT2D eigenvalue weighted by Crippen LogP contribution is -2.37. The summed E-state index contributed by atoms with van der Waals surface area (Å²) >= 11 is 0. The summed E-state index contributed by atoms with van der Waals surface area (Å²) in [7, 11) is 0. The summed E-state index contributed by atoms with van der Waals surface area (Å²) in [5.74, 6) is -0.134. The van der Waals surface area contributed by atoms with Crippen LogP contribution in [-0.2, 0) is 6.18 Å². The summed E-state index contributed by atoms with van der Waals surface area (Å²) in [5, 5.41) is 7.19. The van der Waals surface area contributed by atoms with Gasteiger partial charge in [0.05, 0.1) is 5.56 Å². The van der Waals surface area contributed by atoms with Crippen LogP contribution in [0, 0.1) is 11.3 Å². The van der Waals surface area contributed by atoms with Crippen LogP contribution < -0.4 is 16.4 Å². The molecule has 0 aromatic carbocycles. The maximum atomic E-state index is 13.0. The Bertz CT molecular complexity index is 574. The van der Waals surface area contributed by atoms with Crippen molar-refractivity contribution in [3.05, 3.63) is 35.7 Å². The highest BCUT2D eigenvalue weighted by Gasteiger charge is 2.36. The molecule has 2 heterocycles. The number of anilines is 1. The average molecular weight is 313 g/mol. The standard InChI is InChI=1S/C14H18F3N5/c15-14(16,17)10-2-1-5-21-13(10)22-6-3-9(4-7-22)11(18)8-12(19)20/h1-2,5,8-9H,3-4,6-7,18H2,(H3,19,20). The quantitative estimate of drug-likeness (QED) is 0.588. The molecule has 8 heteroatoms. The maximum absolute atomic E-state index is 13.0. The summed E-state index contributed by atoms with van der Waals surface area (Å²) in [6, 6.07) is 2.32. The maximum Gasteiger partial charge on any atom is 0.419 e. The van der Waals surface area contributed by atoms with Gasteiger partial charge < -0.3 is 16.4 Å². The van der Waals surface area contributed by atoms with Gasteiger partial charge in [-0.1, -0.05) is 0 Å². The highest BCUT2D eigenvalue weighted by molar-refractivity contribution is 5.89. The lowest BCUT2D eigenvalue weighted by Gasteiger charge is -2.34. The van der Waals surface area contributed by atoms with Crippen molar-refractivity contribution in [3.63, 3.8) is 0 Å². The summed E-state index contributed by atoms with van der Waals surface area (Å²) < 4.78 is 39.1. The minimum absolute atomic E-state index is 0.0261. The Morgan fingerprint density at radius 2 is 1.95 bits per heavy atom. The summed E-state index contributed by atoms with van der Waals surface area (Å²) in [6.07, 6.45) is -0.468. The van der Waals surface area contributed by atoms with Crippen molar-refractivity contribution in [1.29, 1.82) is 5.41 Å². The third kappa shape index (κ3) is 3.69. The molecule has 5 nitrogen and oxygen atoms in total. The first-order valence-electron chi connectivity index (χ1n) is 6.87. The Morgan fingerprint density at radius 1 is 1.32 bits per heavy atom. The molecule has 0 spiro atoms. The van der Waals surface area contributed by atoms with E-state index in [1.807, 2.05) is 0 Å². The van der Waals surface area contributed by atoms with E-state index in [0.29, 0.717) is 31.6 Å². The van der Waals surface area contributed by atoms with Gasteiger partial charge in [-0.15, -0.1) is 0 Å².